The van der Waals surface area contributed by atoms with Crippen LogP contribution in [0.3, 0.4) is 0 Å². The maximum absolute atomic E-state index is 13.1. The number of cyclic esters (lactones) is 1. The van der Waals surface area contributed by atoms with Crippen LogP contribution in [0.25, 0.3) is 16.3 Å². The number of halogens is 2. The lowest BCUT2D eigenvalue weighted by molar-refractivity contribution is -0.730. The zero-order chi connectivity index (χ0) is 23.9. The molecule has 0 amide bonds. The van der Waals surface area contributed by atoms with Crippen LogP contribution in [0.15, 0.2) is 96.7 Å². The molecule has 3 atom stereocenters. The molecule has 1 aliphatic heterocycles. The Kier molecular flexibility index (Phi) is 5.72. The van der Waals surface area contributed by atoms with Gasteiger partial charge in [0.25, 0.3) is 0 Å². The van der Waals surface area contributed by atoms with Gasteiger partial charge in [0.05, 0.1) is 21.5 Å². The number of benzene rings is 3. The van der Waals surface area contributed by atoms with E-state index in [4.69, 9.17) is 27.9 Å². The molecule has 5 nitrogen and oxygen atoms in total. The van der Waals surface area contributed by atoms with Crippen LogP contribution in [-0.2, 0) is 15.3 Å². The van der Waals surface area contributed by atoms with Gasteiger partial charge in [0.1, 0.15) is 0 Å². The summed E-state index contributed by atoms with van der Waals surface area (Å²) in [6.07, 6.45) is 1.81. The third kappa shape index (κ3) is 3.60. The summed E-state index contributed by atoms with van der Waals surface area (Å²) in [6, 6.07) is 24.2. The molecule has 0 unspecified atom stereocenters. The van der Waals surface area contributed by atoms with E-state index in [1.54, 1.807) is 54.7 Å². The smallest absolute Gasteiger partial charge is 0.343 e. The molecule has 168 valence electrons. The number of aromatic nitrogens is 1. The van der Waals surface area contributed by atoms with Crippen molar-refractivity contribution < 1.29 is 19.2 Å². The number of pyridine rings is 1. The second-order valence-electron chi connectivity index (χ2n) is 8.05. The number of hydrogen-bond donors (Lipinski definition) is 1. The molecule has 7 heteroatoms. The average Bonchev–Trinajstić information content (AvgIpc) is 2.86. The SMILES string of the molecule is [N-]=C=C1C(=O)O[C@@](O)(c2ccccc2)[C@H]([n+]2cccc3ccccc32)[C@H]1c1ccc(Cl)c(Cl)c1. The summed E-state index contributed by atoms with van der Waals surface area (Å²) in [5.74, 6) is -1.82. The van der Waals surface area contributed by atoms with Crippen LogP contribution in [0.1, 0.15) is 23.1 Å². The molecular formula is C27H18Cl2N2O3. The zero-order valence-corrected chi connectivity index (χ0v) is 19.2. The second kappa shape index (κ2) is 8.71. The van der Waals surface area contributed by atoms with Gasteiger partial charge in [-0.25, -0.2) is 4.79 Å². The van der Waals surface area contributed by atoms with E-state index in [1.165, 1.54) is 0 Å². The Morgan fingerprint density at radius 3 is 2.38 bits per heavy atom. The largest absolute Gasteiger partial charge is 0.763 e. The van der Waals surface area contributed by atoms with Crippen LogP contribution in [0.5, 0.6) is 0 Å². The van der Waals surface area contributed by atoms with Gasteiger partial charge in [-0.05, 0) is 29.8 Å². The molecule has 2 heterocycles. The number of fused-ring (bicyclic) bond motifs is 1. The molecular weight excluding hydrogens is 471 g/mol. The highest BCUT2D eigenvalue weighted by Crippen LogP contribution is 2.49. The molecule has 1 aliphatic rings. The molecule has 1 aromatic heterocycles. The standard InChI is InChI=1S/C27H18Cl2N2O3/c28-21-13-12-18(15-22(21)29)24-20(16-30)26(32)34-27(33,19-9-2-1-3-10-19)25(24)31-14-6-8-17-7-4-5-11-23(17)31/h1-15,24-25,33H/t24-,25+,27-/m0/s1. The van der Waals surface area contributed by atoms with Gasteiger partial charge in [-0.3, -0.25) is 5.87 Å². The van der Waals surface area contributed by atoms with Gasteiger partial charge in [-0.1, -0.05) is 71.7 Å². The Morgan fingerprint density at radius 2 is 1.65 bits per heavy atom. The highest BCUT2D eigenvalue weighted by atomic mass is 35.5. The molecule has 3 aromatic carbocycles. The van der Waals surface area contributed by atoms with Gasteiger partial charge in [-0.2, -0.15) is 4.57 Å². The van der Waals surface area contributed by atoms with E-state index in [9.17, 15) is 15.3 Å². The molecule has 0 spiro atoms. The number of nitrogens with zero attached hydrogens (tertiary/aromatic N) is 2. The van der Waals surface area contributed by atoms with E-state index in [2.05, 4.69) is 0 Å². The Hall–Kier alpha value is -3.47. The Bertz CT molecular complexity index is 1460. The highest BCUT2D eigenvalue weighted by molar-refractivity contribution is 6.42. The summed E-state index contributed by atoms with van der Waals surface area (Å²) in [6.45, 7) is 0. The van der Waals surface area contributed by atoms with E-state index < -0.39 is 23.7 Å². The van der Waals surface area contributed by atoms with Crippen molar-refractivity contribution in [1.29, 1.82) is 0 Å². The fourth-order valence-electron chi connectivity index (χ4n) is 4.62. The number of para-hydroxylation sites is 1. The first kappa shape index (κ1) is 22.3. The van der Waals surface area contributed by atoms with Gasteiger partial charge in [0.15, 0.2) is 6.20 Å². The topological polar surface area (TPSA) is 72.7 Å². The first-order valence-electron chi connectivity index (χ1n) is 10.6. The Labute approximate surface area is 206 Å². The minimum absolute atomic E-state index is 0.135. The number of ether oxygens (including phenoxy) is 1. The number of carbonyl (C=O) groups excluding carboxylic acids is 1. The van der Waals surface area contributed by atoms with Crippen molar-refractivity contribution in [3.05, 3.63) is 123 Å². The molecule has 0 bridgehead atoms. The van der Waals surface area contributed by atoms with E-state index >= 15 is 0 Å². The Balaban J connectivity index is 1.86. The highest BCUT2D eigenvalue weighted by Gasteiger charge is 2.59. The summed E-state index contributed by atoms with van der Waals surface area (Å²) in [7, 11) is 0. The summed E-state index contributed by atoms with van der Waals surface area (Å²) < 4.78 is 7.51. The fourth-order valence-corrected chi connectivity index (χ4v) is 4.93. The molecule has 5 rings (SSSR count). The Morgan fingerprint density at radius 1 is 0.941 bits per heavy atom. The molecule has 34 heavy (non-hydrogen) atoms. The van der Waals surface area contributed by atoms with Crippen molar-refractivity contribution in [3.63, 3.8) is 0 Å². The lowest BCUT2D eigenvalue weighted by atomic mass is 9.76. The maximum atomic E-state index is 13.1. The summed E-state index contributed by atoms with van der Waals surface area (Å²) >= 11 is 12.5. The van der Waals surface area contributed by atoms with E-state index in [0.717, 1.165) is 10.9 Å². The molecule has 1 saturated heterocycles. The van der Waals surface area contributed by atoms with Crippen molar-refractivity contribution in [3.8, 4) is 0 Å². The summed E-state index contributed by atoms with van der Waals surface area (Å²) in [5, 5.41) is 23.6. The monoisotopic (exact) mass is 488 g/mol. The van der Waals surface area contributed by atoms with Crippen LogP contribution in [0.4, 0.5) is 0 Å². The van der Waals surface area contributed by atoms with Crippen LogP contribution >= 0.6 is 23.2 Å². The first-order valence-corrected chi connectivity index (χ1v) is 11.3. The van der Waals surface area contributed by atoms with Crippen molar-refractivity contribution in [2.45, 2.75) is 17.7 Å². The average molecular weight is 489 g/mol. The van der Waals surface area contributed by atoms with E-state index in [0.29, 0.717) is 16.1 Å². The lowest BCUT2D eigenvalue weighted by Gasteiger charge is -2.41. The van der Waals surface area contributed by atoms with Crippen molar-refractivity contribution in [2.75, 3.05) is 0 Å². The minimum atomic E-state index is -2.08. The van der Waals surface area contributed by atoms with Crippen LogP contribution in [-0.4, -0.2) is 16.9 Å². The zero-order valence-electron chi connectivity index (χ0n) is 17.7. The maximum Gasteiger partial charge on any atom is 0.343 e. The molecule has 1 fully saturated rings. The fraction of sp³-hybridized carbons (Fsp3) is 0.111. The van der Waals surface area contributed by atoms with Crippen molar-refractivity contribution in [2.24, 2.45) is 0 Å². The van der Waals surface area contributed by atoms with Gasteiger partial charge in [-0.15, -0.1) is 0 Å². The number of esters is 1. The summed E-state index contributed by atoms with van der Waals surface area (Å²) in [5.41, 5.74) is 1.60. The minimum Gasteiger partial charge on any atom is -0.763 e. The molecule has 1 N–H and O–H groups in total. The number of carbonyl (C=O) groups is 1. The number of hydrogen-bond acceptors (Lipinski definition) is 3. The lowest BCUT2D eigenvalue weighted by Crippen LogP contribution is -2.59. The predicted octanol–water partition coefficient (Wildman–Crippen LogP) is 5.33. The van der Waals surface area contributed by atoms with Crippen LogP contribution in [0, 0.1) is 0 Å². The third-order valence-corrected chi connectivity index (χ3v) is 6.88. The van der Waals surface area contributed by atoms with Crippen molar-refractivity contribution in [1.82, 2.24) is 0 Å². The normalized spacial score (nSPS) is 22.3. The van der Waals surface area contributed by atoms with Gasteiger partial charge < -0.3 is 15.3 Å². The first-order chi connectivity index (χ1) is 16.4. The number of rotatable bonds is 3. The molecule has 0 radical (unpaired) electrons. The quantitative estimate of drug-likeness (QED) is 0.183. The van der Waals surface area contributed by atoms with Gasteiger partial charge >= 0.3 is 11.8 Å². The van der Waals surface area contributed by atoms with Crippen LogP contribution < -0.4 is 4.57 Å². The van der Waals surface area contributed by atoms with E-state index in [1.807, 2.05) is 46.8 Å². The number of aliphatic hydroxyl groups is 1. The van der Waals surface area contributed by atoms with E-state index in [-0.39, 0.29) is 10.6 Å². The second-order valence-corrected chi connectivity index (χ2v) is 8.86. The summed E-state index contributed by atoms with van der Waals surface area (Å²) in [4.78, 5) is 13.1. The molecule has 0 aliphatic carbocycles. The van der Waals surface area contributed by atoms with Crippen molar-refractivity contribution >= 4 is 45.9 Å². The molecule has 4 aromatic rings. The third-order valence-electron chi connectivity index (χ3n) is 6.14. The predicted molar refractivity (Wildman–Crippen MR) is 131 cm³/mol. The van der Waals surface area contributed by atoms with Gasteiger partial charge in [0.2, 0.25) is 11.6 Å². The molecule has 0 saturated carbocycles. The van der Waals surface area contributed by atoms with Crippen LogP contribution in [0.2, 0.25) is 10.0 Å². The van der Waals surface area contributed by atoms with Gasteiger partial charge in [0, 0.05) is 23.1 Å².